The van der Waals surface area contributed by atoms with Crippen LogP contribution in [-0.2, 0) is 4.79 Å². The van der Waals surface area contributed by atoms with Crippen LogP contribution >= 0.6 is 11.6 Å². The Morgan fingerprint density at radius 3 is 2.61 bits per heavy atom. The second-order valence-corrected chi connectivity index (χ2v) is 7.34. The van der Waals surface area contributed by atoms with Crippen molar-refractivity contribution in [1.29, 1.82) is 0 Å². The van der Waals surface area contributed by atoms with Gasteiger partial charge in [0.2, 0.25) is 5.91 Å². The van der Waals surface area contributed by atoms with E-state index in [9.17, 15) is 9.59 Å². The number of hydrogen-bond donors (Lipinski definition) is 3. The summed E-state index contributed by atoms with van der Waals surface area (Å²) in [6, 6.07) is 14.4. The number of primary amides is 1. The maximum Gasteiger partial charge on any atom is 0.254 e. The molecule has 0 aliphatic carbocycles. The Bertz CT molecular complexity index is 1140. The quantitative estimate of drug-likeness (QED) is 0.512. The number of nitrogens with one attached hydrogen (secondary N) is 2. The van der Waals surface area contributed by atoms with Crippen molar-refractivity contribution in [1.82, 2.24) is 9.78 Å². The molecule has 2 aromatic carbocycles. The van der Waals surface area contributed by atoms with E-state index < -0.39 is 5.91 Å². The summed E-state index contributed by atoms with van der Waals surface area (Å²) in [7, 11) is 0. The molecule has 1 aromatic heterocycles. The van der Waals surface area contributed by atoms with Gasteiger partial charge in [0, 0.05) is 28.4 Å². The first-order chi connectivity index (χ1) is 14.5. The van der Waals surface area contributed by atoms with Gasteiger partial charge in [-0.1, -0.05) is 55.9 Å². The van der Waals surface area contributed by atoms with Gasteiger partial charge in [-0.05, 0) is 30.7 Å². The molecule has 8 heteroatoms. The van der Waals surface area contributed by atoms with Crippen molar-refractivity contribution in [2.24, 2.45) is 5.73 Å². The first-order valence-electron chi connectivity index (χ1n) is 9.44. The van der Waals surface area contributed by atoms with Crippen LogP contribution in [0.5, 0.6) is 0 Å². The van der Waals surface area contributed by atoms with Crippen LogP contribution in [0.2, 0.25) is 5.02 Å². The van der Waals surface area contributed by atoms with Crippen molar-refractivity contribution in [3.8, 4) is 11.3 Å². The van der Waals surface area contributed by atoms with Crippen LogP contribution < -0.4 is 16.4 Å². The van der Waals surface area contributed by atoms with Crippen molar-refractivity contribution in [2.45, 2.75) is 19.9 Å². The van der Waals surface area contributed by atoms with Gasteiger partial charge in [0.1, 0.15) is 17.1 Å². The number of para-hydroxylation sites is 1. The smallest absolute Gasteiger partial charge is 0.254 e. The SMILES string of the molecule is C.C=CC(=O)Nc1ccccc1C1CCNc2c(C(N)=O)c(-c3ccc(Cl)cc3)nn21. The van der Waals surface area contributed by atoms with Crippen molar-refractivity contribution >= 4 is 34.9 Å². The second kappa shape index (κ2) is 9.06. The maximum absolute atomic E-state index is 12.3. The summed E-state index contributed by atoms with van der Waals surface area (Å²) in [6.07, 6.45) is 1.94. The van der Waals surface area contributed by atoms with Crippen molar-refractivity contribution in [2.75, 3.05) is 17.2 Å². The molecular weight excluding hydrogens is 414 g/mol. The van der Waals surface area contributed by atoms with Gasteiger partial charge in [0.15, 0.2) is 0 Å². The van der Waals surface area contributed by atoms with Crippen LogP contribution in [0.25, 0.3) is 11.3 Å². The third kappa shape index (κ3) is 4.18. The lowest BCUT2D eigenvalue weighted by Crippen LogP contribution is -2.27. The van der Waals surface area contributed by atoms with Gasteiger partial charge < -0.3 is 16.4 Å². The van der Waals surface area contributed by atoms with E-state index in [1.54, 1.807) is 28.9 Å². The van der Waals surface area contributed by atoms with E-state index in [1.807, 2.05) is 24.3 Å². The number of amides is 2. The molecule has 7 nitrogen and oxygen atoms in total. The zero-order valence-corrected chi connectivity index (χ0v) is 16.8. The highest BCUT2D eigenvalue weighted by molar-refractivity contribution is 6.30. The Labute approximate surface area is 185 Å². The monoisotopic (exact) mass is 437 g/mol. The van der Waals surface area contributed by atoms with Gasteiger partial charge in [0.25, 0.3) is 5.91 Å². The molecule has 1 aliphatic heterocycles. The molecule has 0 bridgehead atoms. The van der Waals surface area contributed by atoms with E-state index in [0.717, 1.165) is 11.1 Å². The van der Waals surface area contributed by atoms with E-state index in [-0.39, 0.29) is 19.4 Å². The second-order valence-electron chi connectivity index (χ2n) is 6.90. The molecule has 1 atom stereocenters. The van der Waals surface area contributed by atoms with Crippen LogP contribution in [0.15, 0.2) is 61.2 Å². The third-order valence-electron chi connectivity index (χ3n) is 5.04. The minimum atomic E-state index is -0.567. The lowest BCUT2D eigenvalue weighted by Gasteiger charge is -2.28. The largest absolute Gasteiger partial charge is 0.369 e. The summed E-state index contributed by atoms with van der Waals surface area (Å²) >= 11 is 6.01. The van der Waals surface area contributed by atoms with Crippen molar-refractivity contribution in [3.05, 3.63) is 77.3 Å². The normalized spacial score (nSPS) is 14.5. The Kier molecular flexibility index (Phi) is 6.46. The average Bonchev–Trinajstić information content (AvgIpc) is 3.14. The number of halogens is 1. The number of aromatic nitrogens is 2. The topological polar surface area (TPSA) is 102 Å². The third-order valence-corrected chi connectivity index (χ3v) is 5.29. The zero-order valence-electron chi connectivity index (χ0n) is 16.1. The number of nitrogens with two attached hydrogens (primary N) is 1. The van der Waals surface area contributed by atoms with Crippen LogP contribution in [0.1, 0.15) is 35.8 Å². The molecule has 3 aromatic rings. The molecule has 1 unspecified atom stereocenters. The van der Waals surface area contributed by atoms with Gasteiger partial charge in [-0.15, -0.1) is 0 Å². The summed E-state index contributed by atoms with van der Waals surface area (Å²) in [5.74, 6) is -0.298. The van der Waals surface area contributed by atoms with E-state index in [0.29, 0.717) is 40.8 Å². The van der Waals surface area contributed by atoms with Crippen LogP contribution in [-0.4, -0.2) is 28.1 Å². The van der Waals surface area contributed by atoms with E-state index in [4.69, 9.17) is 22.4 Å². The number of anilines is 2. The lowest BCUT2D eigenvalue weighted by molar-refractivity contribution is -0.111. The van der Waals surface area contributed by atoms with Gasteiger partial charge in [-0.2, -0.15) is 5.10 Å². The maximum atomic E-state index is 12.3. The molecular formula is C23H24ClN5O2. The fraction of sp³-hybridized carbons (Fsp3) is 0.174. The minimum Gasteiger partial charge on any atom is -0.369 e. The number of fused-ring (bicyclic) bond motifs is 1. The van der Waals surface area contributed by atoms with Crippen molar-refractivity contribution in [3.63, 3.8) is 0 Å². The predicted molar refractivity (Wildman–Crippen MR) is 124 cm³/mol. The van der Waals surface area contributed by atoms with Gasteiger partial charge in [-0.25, -0.2) is 4.68 Å². The molecule has 0 saturated heterocycles. The molecule has 1 aliphatic rings. The molecule has 0 saturated carbocycles. The van der Waals surface area contributed by atoms with Crippen molar-refractivity contribution < 1.29 is 9.59 Å². The average molecular weight is 438 g/mol. The first-order valence-corrected chi connectivity index (χ1v) is 9.82. The highest BCUT2D eigenvalue weighted by Crippen LogP contribution is 2.38. The molecule has 2 heterocycles. The molecule has 0 spiro atoms. The Balaban J connectivity index is 0.00000272. The molecule has 0 radical (unpaired) electrons. The van der Waals surface area contributed by atoms with Gasteiger partial charge in [-0.3, -0.25) is 9.59 Å². The number of carbonyl (C=O) groups excluding carboxylic acids is 2. The molecule has 4 rings (SSSR count). The van der Waals surface area contributed by atoms with Gasteiger partial charge in [0.05, 0.1) is 6.04 Å². The molecule has 2 amide bonds. The Morgan fingerprint density at radius 2 is 1.94 bits per heavy atom. The fourth-order valence-electron chi connectivity index (χ4n) is 3.69. The molecule has 160 valence electrons. The fourth-order valence-corrected chi connectivity index (χ4v) is 3.82. The number of benzene rings is 2. The summed E-state index contributed by atoms with van der Waals surface area (Å²) in [6.45, 7) is 4.13. The number of rotatable bonds is 5. The van der Waals surface area contributed by atoms with Gasteiger partial charge >= 0.3 is 0 Å². The van der Waals surface area contributed by atoms with E-state index in [2.05, 4.69) is 17.2 Å². The summed E-state index contributed by atoms with van der Waals surface area (Å²) in [5, 5.41) is 11.4. The van der Waals surface area contributed by atoms with Crippen LogP contribution in [0.3, 0.4) is 0 Å². The molecule has 0 fully saturated rings. The van der Waals surface area contributed by atoms with E-state index >= 15 is 0 Å². The summed E-state index contributed by atoms with van der Waals surface area (Å²) in [4.78, 5) is 24.2. The summed E-state index contributed by atoms with van der Waals surface area (Å²) in [5.41, 5.74) is 8.83. The number of hydrogen-bond acceptors (Lipinski definition) is 4. The lowest BCUT2D eigenvalue weighted by atomic mass is 9.99. The Morgan fingerprint density at radius 1 is 1.23 bits per heavy atom. The highest BCUT2D eigenvalue weighted by Gasteiger charge is 2.31. The highest BCUT2D eigenvalue weighted by atomic mass is 35.5. The standard InChI is InChI=1S/C22H20ClN5O2.CH4/c1-2-18(29)26-16-6-4-3-5-15(16)17-11-12-25-22-19(21(24)30)20(27-28(17)22)13-7-9-14(23)10-8-13;/h2-10,17,25H,1,11-12H2,(H2,24,30)(H,26,29);1H4. The van der Waals surface area contributed by atoms with Crippen LogP contribution in [0, 0.1) is 0 Å². The van der Waals surface area contributed by atoms with Crippen LogP contribution in [0.4, 0.5) is 11.5 Å². The number of carbonyl (C=O) groups is 2. The molecule has 4 N–H and O–H groups in total. The minimum absolute atomic E-state index is 0. The first kappa shape index (κ1) is 22.1. The number of nitrogens with zero attached hydrogens (tertiary/aromatic N) is 2. The zero-order chi connectivity index (χ0) is 21.3. The Hall–Kier alpha value is -3.58. The predicted octanol–water partition coefficient (Wildman–Crippen LogP) is 4.47. The summed E-state index contributed by atoms with van der Waals surface area (Å²) < 4.78 is 1.77. The van der Waals surface area contributed by atoms with E-state index in [1.165, 1.54) is 6.08 Å². The molecule has 31 heavy (non-hydrogen) atoms.